The molecule has 178 valence electrons. The number of nitrogens with one attached hydrogen (secondary N) is 2. The number of hydrogen-bond acceptors (Lipinski definition) is 4. The van der Waals surface area contributed by atoms with Crippen molar-refractivity contribution in [1.29, 1.82) is 0 Å². The summed E-state index contributed by atoms with van der Waals surface area (Å²) in [4.78, 5) is 25.2. The summed E-state index contributed by atoms with van der Waals surface area (Å²) < 4.78 is 45.1. The van der Waals surface area contributed by atoms with Crippen molar-refractivity contribution in [3.05, 3.63) is 83.4 Å². The van der Waals surface area contributed by atoms with E-state index in [2.05, 4.69) is 10.6 Å². The molecular formula is C24H20ClF3N2O3S. The predicted molar refractivity (Wildman–Crippen MR) is 127 cm³/mol. The van der Waals surface area contributed by atoms with Crippen LogP contribution in [0.4, 0.5) is 24.5 Å². The Bertz CT molecular complexity index is 1140. The van der Waals surface area contributed by atoms with Gasteiger partial charge in [0.05, 0.1) is 16.5 Å². The summed E-state index contributed by atoms with van der Waals surface area (Å²) in [6, 6.07) is 18.8. The van der Waals surface area contributed by atoms with Crippen molar-refractivity contribution in [2.45, 2.75) is 23.2 Å². The number of carbonyl (C=O) groups excluding carboxylic acids is 2. The fourth-order valence-electron chi connectivity index (χ4n) is 2.83. The number of ether oxygens (including phenoxy) is 1. The first-order chi connectivity index (χ1) is 16.1. The van der Waals surface area contributed by atoms with Crippen LogP contribution in [-0.2, 0) is 15.8 Å². The Hall–Kier alpha value is -3.17. The molecule has 3 rings (SSSR count). The van der Waals surface area contributed by atoms with Crippen LogP contribution in [0.3, 0.4) is 0 Å². The van der Waals surface area contributed by atoms with E-state index >= 15 is 0 Å². The molecule has 34 heavy (non-hydrogen) atoms. The maximum Gasteiger partial charge on any atom is 0.418 e. The van der Waals surface area contributed by atoms with E-state index in [-0.39, 0.29) is 23.2 Å². The second-order valence-corrected chi connectivity index (χ2v) is 8.96. The molecule has 0 radical (unpaired) electrons. The van der Waals surface area contributed by atoms with Gasteiger partial charge >= 0.3 is 6.18 Å². The predicted octanol–water partition coefficient (Wildman–Crippen LogP) is 6.50. The highest BCUT2D eigenvalue weighted by Gasteiger charge is 2.34. The molecule has 0 saturated carbocycles. The van der Waals surface area contributed by atoms with Crippen molar-refractivity contribution in [3.63, 3.8) is 0 Å². The number of benzene rings is 3. The molecule has 0 fully saturated rings. The van der Waals surface area contributed by atoms with Gasteiger partial charge in [-0.15, -0.1) is 11.8 Å². The van der Waals surface area contributed by atoms with Crippen LogP contribution in [0.1, 0.15) is 12.5 Å². The zero-order chi connectivity index (χ0) is 24.7. The second-order valence-electron chi connectivity index (χ2n) is 7.11. The molecule has 3 aromatic carbocycles. The van der Waals surface area contributed by atoms with Crippen molar-refractivity contribution >= 4 is 46.6 Å². The van der Waals surface area contributed by atoms with Gasteiger partial charge in [0.2, 0.25) is 5.91 Å². The van der Waals surface area contributed by atoms with Gasteiger partial charge in [0.25, 0.3) is 5.91 Å². The Balaban J connectivity index is 1.54. The Morgan fingerprint density at radius 2 is 1.68 bits per heavy atom. The zero-order valence-corrected chi connectivity index (χ0v) is 19.4. The standard InChI is InChI=1S/C24H20ClF3N2O3S/c1-15(23(32)30-21-12-7-16(25)13-20(21)24(26,27)28)34-19-10-8-17(9-11-19)29-22(31)14-33-18-5-3-2-4-6-18/h2-13,15H,14H2,1H3,(H,29,31)(H,30,32). The van der Waals surface area contributed by atoms with Crippen LogP contribution in [0.2, 0.25) is 5.02 Å². The summed E-state index contributed by atoms with van der Waals surface area (Å²) in [5.74, 6) is -0.341. The monoisotopic (exact) mass is 508 g/mol. The Kier molecular flexibility index (Phi) is 8.46. The maximum atomic E-state index is 13.2. The third-order valence-electron chi connectivity index (χ3n) is 4.48. The average Bonchev–Trinajstić information content (AvgIpc) is 2.80. The highest BCUT2D eigenvalue weighted by atomic mass is 35.5. The number of amides is 2. The summed E-state index contributed by atoms with van der Waals surface area (Å²) in [5.41, 5.74) is -0.828. The van der Waals surface area contributed by atoms with Crippen LogP contribution < -0.4 is 15.4 Å². The third-order valence-corrected chi connectivity index (χ3v) is 5.83. The number of halogens is 4. The lowest BCUT2D eigenvalue weighted by Crippen LogP contribution is -2.24. The summed E-state index contributed by atoms with van der Waals surface area (Å²) in [6.45, 7) is 1.43. The number of hydrogen-bond donors (Lipinski definition) is 2. The van der Waals surface area contributed by atoms with Gasteiger partial charge in [-0.3, -0.25) is 9.59 Å². The van der Waals surface area contributed by atoms with Crippen LogP contribution in [0.25, 0.3) is 0 Å². The van der Waals surface area contributed by atoms with Gasteiger partial charge in [-0.05, 0) is 61.5 Å². The Morgan fingerprint density at radius 1 is 1.00 bits per heavy atom. The first kappa shape index (κ1) is 25.5. The molecule has 3 aromatic rings. The van der Waals surface area contributed by atoms with E-state index in [0.717, 1.165) is 12.1 Å². The fraction of sp³-hybridized carbons (Fsp3) is 0.167. The quantitative estimate of drug-likeness (QED) is 0.341. The Labute approximate surface area is 203 Å². The van der Waals surface area contributed by atoms with E-state index in [9.17, 15) is 22.8 Å². The molecule has 2 N–H and O–H groups in total. The number of anilines is 2. The number of alkyl halides is 3. The normalized spacial score (nSPS) is 12.0. The number of para-hydroxylation sites is 1. The first-order valence-corrected chi connectivity index (χ1v) is 11.3. The molecule has 0 aliphatic rings. The van der Waals surface area contributed by atoms with E-state index in [4.69, 9.17) is 16.3 Å². The van der Waals surface area contributed by atoms with Crippen molar-refractivity contribution in [2.75, 3.05) is 17.2 Å². The lowest BCUT2D eigenvalue weighted by molar-refractivity contribution is -0.137. The van der Waals surface area contributed by atoms with Gasteiger partial charge in [-0.25, -0.2) is 0 Å². The maximum absolute atomic E-state index is 13.2. The smallest absolute Gasteiger partial charge is 0.418 e. The first-order valence-electron chi connectivity index (χ1n) is 10.0. The van der Waals surface area contributed by atoms with Crippen LogP contribution in [0.15, 0.2) is 77.7 Å². The van der Waals surface area contributed by atoms with Crippen molar-refractivity contribution in [1.82, 2.24) is 0 Å². The van der Waals surface area contributed by atoms with Crippen molar-refractivity contribution < 1.29 is 27.5 Å². The molecule has 5 nitrogen and oxygen atoms in total. The highest BCUT2D eigenvalue weighted by Crippen LogP contribution is 2.37. The molecule has 0 aliphatic heterocycles. The third kappa shape index (κ3) is 7.43. The van der Waals surface area contributed by atoms with Crippen LogP contribution >= 0.6 is 23.4 Å². The molecule has 0 aromatic heterocycles. The SMILES string of the molecule is CC(Sc1ccc(NC(=O)COc2ccccc2)cc1)C(=O)Nc1ccc(Cl)cc1C(F)(F)F. The van der Waals surface area contributed by atoms with E-state index < -0.39 is 22.9 Å². The largest absolute Gasteiger partial charge is 0.484 e. The van der Waals surface area contributed by atoms with Crippen LogP contribution in [-0.4, -0.2) is 23.7 Å². The minimum Gasteiger partial charge on any atom is -0.484 e. The molecule has 0 bridgehead atoms. The number of rotatable bonds is 8. The summed E-state index contributed by atoms with van der Waals surface area (Å²) in [6.07, 6.45) is -4.66. The van der Waals surface area contributed by atoms with Gasteiger partial charge in [0.15, 0.2) is 6.61 Å². The van der Waals surface area contributed by atoms with Crippen LogP contribution in [0.5, 0.6) is 5.75 Å². The van der Waals surface area contributed by atoms with Gasteiger partial charge in [0.1, 0.15) is 5.75 Å². The lowest BCUT2D eigenvalue weighted by atomic mass is 10.1. The summed E-state index contributed by atoms with van der Waals surface area (Å²) in [7, 11) is 0. The molecule has 2 amide bonds. The average molecular weight is 509 g/mol. The number of carbonyl (C=O) groups is 2. The van der Waals surface area contributed by atoms with Gasteiger partial charge in [0, 0.05) is 15.6 Å². The zero-order valence-electron chi connectivity index (χ0n) is 17.9. The number of thioether (sulfide) groups is 1. The minimum absolute atomic E-state index is 0.0773. The highest BCUT2D eigenvalue weighted by molar-refractivity contribution is 8.00. The van der Waals surface area contributed by atoms with Crippen LogP contribution in [0, 0.1) is 0 Å². The fourth-order valence-corrected chi connectivity index (χ4v) is 3.87. The summed E-state index contributed by atoms with van der Waals surface area (Å²) in [5, 5.41) is 4.26. The van der Waals surface area contributed by atoms with Crippen molar-refractivity contribution in [3.8, 4) is 5.75 Å². The van der Waals surface area contributed by atoms with E-state index in [1.165, 1.54) is 17.8 Å². The molecule has 0 heterocycles. The molecular weight excluding hydrogens is 489 g/mol. The molecule has 0 aliphatic carbocycles. The van der Waals surface area contributed by atoms with Gasteiger partial charge in [-0.1, -0.05) is 29.8 Å². The lowest BCUT2D eigenvalue weighted by Gasteiger charge is -2.17. The summed E-state index contributed by atoms with van der Waals surface area (Å²) >= 11 is 6.83. The van der Waals surface area contributed by atoms with E-state index in [1.807, 2.05) is 6.07 Å². The Morgan fingerprint density at radius 3 is 2.32 bits per heavy atom. The molecule has 1 atom stereocenters. The second kappa shape index (κ2) is 11.3. The minimum atomic E-state index is -4.66. The van der Waals surface area contributed by atoms with E-state index in [1.54, 1.807) is 55.5 Å². The van der Waals surface area contributed by atoms with E-state index in [0.29, 0.717) is 16.3 Å². The van der Waals surface area contributed by atoms with Gasteiger partial charge in [-0.2, -0.15) is 13.2 Å². The molecule has 0 saturated heterocycles. The molecule has 0 spiro atoms. The van der Waals surface area contributed by atoms with Gasteiger partial charge < -0.3 is 15.4 Å². The van der Waals surface area contributed by atoms with Crippen molar-refractivity contribution in [2.24, 2.45) is 0 Å². The topological polar surface area (TPSA) is 67.4 Å². The molecule has 1 unspecified atom stereocenters. The molecule has 10 heteroatoms.